The summed E-state index contributed by atoms with van der Waals surface area (Å²) >= 11 is 0. The molecule has 0 spiro atoms. The number of nitrogens with two attached hydrogens (primary N) is 1. The summed E-state index contributed by atoms with van der Waals surface area (Å²) in [6.07, 6.45) is 10.2. The number of aromatic nitrogens is 2. The van der Waals surface area contributed by atoms with Gasteiger partial charge in [-0.1, -0.05) is 18.2 Å². The highest BCUT2D eigenvalue weighted by Gasteiger charge is 2.10. The Morgan fingerprint density at radius 1 is 1.43 bits per heavy atom. The summed E-state index contributed by atoms with van der Waals surface area (Å²) in [5.74, 6) is 0.292. The van der Waals surface area contributed by atoms with Gasteiger partial charge in [-0.3, -0.25) is 10.5 Å². The lowest BCUT2D eigenvalue weighted by Crippen LogP contribution is -2.13. The minimum Gasteiger partial charge on any atom is -0.504 e. The number of fused-ring (bicyclic) bond motifs is 1. The highest BCUT2D eigenvalue weighted by Crippen LogP contribution is 2.25. The van der Waals surface area contributed by atoms with Crippen LogP contribution in [0.15, 0.2) is 53.8 Å². The first-order valence-electron chi connectivity index (χ1n) is 7.04. The number of hydrogen-bond acceptors (Lipinski definition) is 3. The van der Waals surface area contributed by atoms with Crippen molar-refractivity contribution in [3.05, 3.63) is 60.0 Å². The molecule has 1 heterocycles. The number of nitrogens with one attached hydrogen (secondary N) is 2. The molecule has 2 rings (SSSR count). The first-order chi connectivity index (χ1) is 11.2. The largest absolute Gasteiger partial charge is 0.504 e. The van der Waals surface area contributed by atoms with E-state index in [2.05, 4.69) is 15.2 Å². The van der Waals surface area contributed by atoms with E-state index in [1.807, 2.05) is 49.4 Å². The number of allylic oxidation sites excluding steroid dienone is 5. The van der Waals surface area contributed by atoms with Crippen LogP contribution in [0.25, 0.3) is 16.5 Å². The van der Waals surface area contributed by atoms with Crippen LogP contribution in [0.1, 0.15) is 18.2 Å². The fourth-order valence-corrected chi connectivity index (χ4v) is 2.09. The fourth-order valence-electron chi connectivity index (χ4n) is 2.09. The second-order valence-electron chi connectivity index (χ2n) is 4.66. The lowest BCUT2D eigenvalue weighted by molar-refractivity contribution is 0.338. The second-order valence-corrected chi connectivity index (χ2v) is 4.66. The third-order valence-electron chi connectivity index (χ3n) is 3.19. The molecule has 0 amide bonds. The summed E-state index contributed by atoms with van der Waals surface area (Å²) in [6, 6.07) is 5.63. The molecule has 23 heavy (non-hydrogen) atoms. The molecule has 0 atom stereocenters. The molecule has 6 heteroatoms. The summed E-state index contributed by atoms with van der Waals surface area (Å²) in [6.45, 7) is 1.95. The smallest absolute Gasteiger partial charge is 0.132 e. The normalized spacial score (nSPS) is 13.3. The Hall–Kier alpha value is -3.15. The molecule has 0 radical (unpaired) electrons. The highest BCUT2D eigenvalue weighted by atomic mass is 16.5. The van der Waals surface area contributed by atoms with E-state index in [-0.39, 0.29) is 0 Å². The van der Waals surface area contributed by atoms with E-state index < -0.39 is 0 Å². The number of H-pyrrole nitrogens is 1. The minimum atomic E-state index is 0.292. The van der Waals surface area contributed by atoms with Crippen molar-refractivity contribution in [2.75, 3.05) is 7.11 Å². The summed E-state index contributed by atoms with van der Waals surface area (Å²) < 4.78 is 5.01. The third-order valence-corrected chi connectivity index (χ3v) is 3.19. The molecule has 1 aromatic carbocycles. The predicted molar refractivity (Wildman–Crippen MR) is 94.5 cm³/mol. The number of nitrogens with zero attached hydrogens (tertiary/aromatic N) is 2. The van der Waals surface area contributed by atoms with E-state index in [4.69, 9.17) is 15.9 Å². The van der Waals surface area contributed by atoms with Gasteiger partial charge in [0.15, 0.2) is 0 Å². The van der Waals surface area contributed by atoms with Crippen molar-refractivity contribution in [3.63, 3.8) is 0 Å². The summed E-state index contributed by atoms with van der Waals surface area (Å²) in [7, 11) is 1.60. The van der Waals surface area contributed by atoms with E-state index in [1.165, 1.54) is 0 Å². The number of benzene rings is 1. The number of aliphatic imine (C=N–C) groups is 1. The number of amidine groups is 1. The van der Waals surface area contributed by atoms with Crippen LogP contribution in [-0.4, -0.2) is 29.5 Å². The maximum Gasteiger partial charge on any atom is 0.132 e. The molecule has 0 aliphatic heterocycles. The van der Waals surface area contributed by atoms with Gasteiger partial charge in [0.2, 0.25) is 0 Å². The zero-order valence-corrected chi connectivity index (χ0v) is 13.1. The van der Waals surface area contributed by atoms with Crippen LogP contribution in [0, 0.1) is 5.41 Å². The molecular formula is C17H19N5O. The van der Waals surface area contributed by atoms with Crippen LogP contribution in [0.3, 0.4) is 0 Å². The standard InChI is InChI=1S/C17H19N5O/c1-3-4-5-12(8-9-23-2)16-14-10-13(17(19)20-11-18)6-7-15(14)21-22-16/h3-11H,1-2H3,(H,21,22)(H3,18,19,20)/b4-3-,9-8+,12-5+. The van der Waals surface area contributed by atoms with Crippen LogP contribution < -0.4 is 5.73 Å². The molecule has 0 saturated carbocycles. The van der Waals surface area contributed by atoms with Crippen molar-refractivity contribution < 1.29 is 4.74 Å². The third kappa shape index (κ3) is 3.74. The average Bonchev–Trinajstić information content (AvgIpc) is 2.98. The Labute approximate surface area is 134 Å². The van der Waals surface area contributed by atoms with Gasteiger partial charge in [-0.25, -0.2) is 4.99 Å². The van der Waals surface area contributed by atoms with Crippen LogP contribution in [0.5, 0.6) is 0 Å². The first kappa shape index (κ1) is 16.2. The molecule has 0 bridgehead atoms. The zero-order chi connectivity index (χ0) is 16.7. The van der Waals surface area contributed by atoms with Gasteiger partial charge in [-0.15, -0.1) is 0 Å². The average molecular weight is 309 g/mol. The fraction of sp³-hybridized carbons (Fsp3) is 0.118. The van der Waals surface area contributed by atoms with E-state index in [0.717, 1.165) is 34.1 Å². The summed E-state index contributed by atoms with van der Waals surface area (Å²) in [5.41, 5.74) is 9.18. The van der Waals surface area contributed by atoms with Crippen LogP contribution in [0.4, 0.5) is 0 Å². The van der Waals surface area contributed by atoms with Gasteiger partial charge in [-0.2, -0.15) is 5.10 Å². The Kier molecular flexibility index (Phi) is 5.46. The topological polar surface area (TPSA) is 100 Å². The van der Waals surface area contributed by atoms with Crippen molar-refractivity contribution in [1.29, 1.82) is 5.41 Å². The summed E-state index contributed by atoms with van der Waals surface area (Å²) in [5, 5.41) is 15.3. The molecule has 0 aliphatic rings. The number of hydrogen-bond donors (Lipinski definition) is 3. The maximum absolute atomic E-state index is 7.03. The van der Waals surface area contributed by atoms with Crippen LogP contribution in [-0.2, 0) is 4.74 Å². The van der Waals surface area contributed by atoms with Gasteiger partial charge in [0.05, 0.1) is 18.9 Å². The molecule has 0 fully saturated rings. The number of methoxy groups -OCH3 is 1. The molecular weight excluding hydrogens is 290 g/mol. The minimum absolute atomic E-state index is 0.292. The number of ether oxygens (including phenoxy) is 1. The monoisotopic (exact) mass is 309 g/mol. The molecule has 4 N–H and O–H groups in total. The van der Waals surface area contributed by atoms with Crippen molar-refractivity contribution >= 4 is 28.7 Å². The Morgan fingerprint density at radius 2 is 2.26 bits per heavy atom. The Morgan fingerprint density at radius 3 is 2.96 bits per heavy atom. The quantitative estimate of drug-likeness (QED) is 0.331. The lowest BCUT2D eigenvalue weighted by Gasteiger charge is -2.02. The first-order valence-corrected chi connectivity index (χ1v) is 7.04. The van der Waals surface area contributed by atoms with Gasteiger partial charge in [0, 0.05) is 16.5 Å². The van der Waals surface area contributed by atoms with Crippen molar-refractivity contribution in [2.45, 2.75) is 6.92 Å². The van der Waals surface area contributed by atoms with Crippen LogP contribution >= 0.6 is 0 Å². The Bertz CT molecular complexity index is 811. The van der Waals surface area contributed by atoms with E-state index in [9.17, 15) is 0 Å². The van der Waals surface area contributed by atoms with Crippen LogP contribution in [0.2, 0.25) is 0 Å². The SMILES string of the molecule is C\C=C/C=C(\C=C\OC)c1n[nH]c2ccc(C(N)=NC=N)cc12. The van der Waals surface area contributed by atoms with Gasteiger partial charge >= 0.3 is 0 Å². The molecule has 2 aromatic rings. The lowest BCUT2D eigenvalue weighted by atomic mass is 10.0. The van der Waals surface area contributed by atoms with Gasteiger partial charge in [-0.05, 0) is 31.2 Å². The molecule has 0 aliphatic carbocycles. The summed E-state index contributed by atoms with van der Waals surface area (Å²) in [4.78, 5) is 3.81. The van der Waals surface area contributed by atoms with E-state index in [0.29, 0.717) is 5.84 Å². The molecule has 6 nitrogen and oxygen atoms in total. The number of aromatic amines is 1. The second kappa shape index (κ2) is 7.74. The molecule has 0 unspecified atom stereocenters. The maximum atomic E-state index is 7.03. The zero-order valence-electron chi connectivity index (χ0n) is 13.1. The molecule has 118 valence electrons. The predicted octanol–water partition coefficient (Wildman–Crippen LogP) is 2.99. The van der Waals surface area contributed by atoms with Gasteiger partial charge in [0.1, 0.15) is 17.9 Å². The molecule has 1 aromatic heterocycles. The van der Waals surface area contributed by atoms with Crippen molar-refractivity contribution in [3.8, 4) is 0 Å². The van der Waals surface area contributed by atoms with Gasteiger partial charge < -0.3 is 10.5 Å². The Balaban J connectivity index is 2.59. The van der Waals surface area contributed by atoms with Crippen molar-refractivity contribution in [1.82, 2.24) is 10.2 Å². The van der Waals surface area contributed by atoms with E-state index in [1.54, 1.807) is 13.4 Å². The number of rotatable bonds is 6. The highest BCUT2D eigenvalue weighted by molar-refractivity contribution is 6.04. The van der Waals surface area contributed by atoms with Crippen molar-refractivity contribution in [2.24, 2.45) is 10.7 Å². The molecule has 0 saturated heterocycles. The van der Waals surface area contributed by atoms with Gasteiger partial charge in [0.25, 0.3) is 0 Å². The van der Waals surface area contributed by atoms with E-state index >= 15 is 0 Å².